The summed E-state index contributed by atoms with van der Waals surface area (Å²) < 4.78 is 5.16. The monoisotopic (exact) mass is 499 g/mol. The molecule has 192 valence electrons. The van der Waals surface area contributed by atoms with Crippen LogP contribution in [0.2, 0.25) is 0 Å². The first-order valence-corrected chi connectivity index (χ1v) is 9.90. The molecule has 15 heteroatoms. The van der Waals surface area contributed by atoms with Crippen LogP contribution in [0.25, 0.3) is 0 Å². The van der Waals surface area contributed by atoms with Crippen LogP contribution in [-0.4, -0.2) is 110 Å². The Hall–Kier alpha value is -4.24. The van der Waals surface area contributed by atoms with Gasteiger partial charge in [0.05, 0.1) is 19.6 Å². The third-order valence-corrected chi connectivity index (χ3v) is 4.33. The molecule has 0 heterocycles. The maximum Gasteiger partial charge on any atom is 0.341 e. The Morgan fingerprint density at radius 2 is 1.43 bits per heavy atom. The van der Waals surface area contributed by atoms with Gasteiger partial charge in [-0.15, -0.1) is 0 Å². The van der Waals surface area contributed by atoms with Crippen LogP contribution >= 0.6 is 0 Å². The van der Waals surface area contributed by atoms with E-state index in [0.29, 0.717) is 0 Å². The van der Waals surface area contributed by atoms with Crippen LogP contribution in [0.3, 0.4) is 0 Å². The predicted molar refractivity (Wildman–Crippen MR) is 115 cm³/mol. The van der Waals surface area contributed by atoms with Gasteiger partial charge < -0.3 is 35.6 Å². The van der Waals surface area contributed by atoms with Crippen molar-refractivity contribution in [1.29, 1.82) is 0 Å². The van der Waals surface area contributed by atoms with Gasteiger partial charge in [-0.1, -0.05) is 0 Å². The van der Waals surface area contributed by atoms with Crippen LogP contribution in [-0.2, 0) is 28.8 Å². The topological polar surface area (TPSA) is 231 Å². The minimum atomic E-state index is -1.75. The Morgan fingerprint density at radius 3 is 1.89 bits per heavy atom. The summed E-state index contributed by atoms with van der Waals surface area (Å²) in [6.45, 7) is -2.62. The summed E-state index contributed by atoms with van der Waals surface area (Å²) in [4.78, 5) is 70.1. The molecular formula is C20H25N3O12. The molecule has 0 fully saturated rings. The van der Waals surface area contributed by atoms with E-state index in [0.717, 1.165) is 9.80 Å². The smallest absolute Gasteiger partial charge is 0.341 e. The molecule has 1 atom stereocenters. The first kappa shape index (κ1) is 28.8. The molecule has 0 spiro atoms. The van der Waals surface area contributed by atoms with Crippen molar-refractivity contribution in [2.45, 2.75) is 13.0 Å². The van der Waals surface area contributed by atoms with Gasteiger partial charge >= 0.3 is 29.8 Å². The second-order valence-electron chi connectivity index (χ2n) is 7.22. The van der Waals surface area contributed by atoms with Crippen molar-refractivity contribution >= 4 is 41.4 Å². The van der Waals surface area contributed by atoms with Gasteiger partial charge in [0.1, 0.15) is 11.8 Å². The molecule has 6 N–H and O–H groups in total. The number of nitrogens with one attached hydrogen (secondary N) is 1. The number of hydrogen-bond acceptors (Lipinski definition) is 9. The van der Waals surface area contributed by atoms with Crippen molar-refractivity contribution in [2.24, 2.45) is 0 Å². The Bertz CT molecular complexity index is 964. The Morgan fingerprint density at radius 1 is 0.857 bits per heavy atom. The van der Waals surface area contributed by atoms with Gasteiger partial charge in [0.25, 0.3) is 0 Å². The van der Waals surface area contributed by atoms with Crippen LogP contribution in [0.4, 0.5) is 5.69 Å². The lowest BCUT2D eigenvalue weighted by Crippen LogP contribution is -2.44. The van der Waals surface area contributed by atoms with Crippen LogP contribution < -0.4 is 10.1 Å². The molecule has 0 aromatic heterocycles. The maximum absolute atomic E-state index is 12.3. The highest BCUT2D eigenvalue weighted by Crippen LogP contribution is 2.33. The van der Waals surface area contributed by atoms with Crippen LogP contribution in [0.1, 0.15) is 18.5 Å². The molecule has 0 aliphatic carbocycles. The summed E-state index contributed by atoms with van der Waals surface area (Å²) in [7, 11) is 0. The molecule has 0 aliphatic heterocycles. The maximum atomic E-state index is 12.3. The predicted octanol–water partition coefficient (Wildman–Crippen LogP) is -0.908. The Kier molecular flexibility index (Phi) is 11.1. The number of anilines is 1. The fraction of sp³-hybridized carbons (Fsp3) is 0.400. The zero-order valence-corrected chi connectivity index (χ0v) is 18.5. The molecule has 0 saturated heterocycles. The van der Waals surface area contributed by atoms with E-state index < -0.39 is 74.6 Å². The van der Waals surface area contributed by atoms with E-state index in [2.05, 4.69) is 5.32 Å². The number of benzene rings is 1. The molecule has 1 rings (SSSR count). The molecule has 15 nitrogen and oxygen atoms in total. The zero-order chi connectivity index (χ0) is 26.7. The number of carbonyl (C=O) groups excluding carboxylic acids is 1. The largest absolute Gasteiger partial charge is 0.482 e. The fourth-order valence-corrected chi connectivity index (χ4v) is 3.14. The van der Waals surface area contributed by atoms with Gasteiger partial charge in [-0.3, -0.25) is 33.8 Å². The average Bonchev–Trinajstić information content (AvgIpc) is 2.69. The van der Waals surface area contributed by atoms with Gasteiger partial charge in [0.2, 0.25) is 5.91 Å². The molecule has 0 saturated carbocycles. The van der Waals surface area contributed by atoms with Crippen LogP contribution in [0.5, 0.6) is 5.75 Å². The van der Waals surface area contributed by atoms with Crippen molar-refractivity contribution in [3.8, 4) is 5.75 Å². The van der Waals surface area contributed by atoms with E-state index in [1.165, 1.54) is 25.1 Å². The highest BCUT2D eigenvalue weighted by atomic mass is 16.5. The highest BCUT2D eigenvalue weighted by molar-refractivity contribution is 5.89. The number of amides is 1. The number of carboxylic acid groups (broad SMARTS) is 5. The Balaban J connectivity index is 3.45. The fourth-order valence-electron chi connectivity index (χ4n) is 3.14. The minimum absolute atomic E-state index is 0.120. The standard InChI is InChI=1S/C20H25N3O12/c1-11(24)21-12-2-3-14(35-10-18(31)32)13(6-12)19(20(33)34)23(9-17(29)30)5-4-22(7-15(25)26)8-16(27)28/h2-3,6,19H,4-5,7-10H2,1H3,(H,21,24)(H,25,26)(H,27,28)(H,29,30)(H,31,32)(H,33,34). The molecule has 1 aromatic rings. The van der Waals surface area contributed by atoms with Crippen molar-refractivity contribution in [2.75, 3.05) is 44.6 Å². The van der Waals surface area contributed by atoms with Crippen molar-refractivity contribution in [3.63, 3.8) is 0 Å². The lowest BCUT2D eigenvalue weighted by atomic mass is 10.0. The second-order valence-corrected chi connectivity index (χ2v) is 7.22. The average molecular weight is 499 g/mol. The van der Waals surface area contributed by atoms with Gasteiger partial charge in [0, 0.05) is 31.3 Å². The Labute approximate surface area is 198 Å². The lowest BCUT2D eigenvalue weighted by Gasteiger charge is -2.31. The van der Waals surface area contributed by atoms with E-state index in [-0.39, 0.29) is 23.5 Å². The number of nitrogens with zero attached hydrogens (tertiary/aromatic N) is 2. The summed E-state index contributed by atoms with van der Waals surface area (Å²) in [5, 5.41) is 48.6. The van der Waals surface area contributed by atoms with Crippen LogP contribution in [0.15, 0.2) is 18.2 Å². The zero-order valence-electron chi connectivity index (χ0n) is 18.5. The minimum Gasteiger partial charge on any atom is -0.482 e. The van der Waals surface area contributed by atoms with E-state index in [9.17, 15) is 39.0 Å². The number of aliphatic carboxylic acids is 5. The summed E-state index contributed by atoms with van der Waals surface area (Å²) in [6.07, 6.45) is 0. The van der Waals surface area contributed by atoms with Gasteiger partial charge in [-0.25, -0.2) is 4.79 Å². The van der Waals surface area contributed by atoms with Gasteiger partial charge in [-0.05, 0) is 18.2 Å². The molecule has 1 aromatic carbocycles. The molecular weight excluding hydrogens is 474 g/mol. The quantitative estimate of drug-likeness (QED) is 0.162. The third kappa shape index (κ3) is 10.5. The molecule has 1 amide bonds. The van der Waals surface area contributed by atoms with Crippen molar-refractivity contribution in [3.05, 3.63) is 23.8 Å². The molecule has 35 heavy (non-hydrogen) atoms. The lowest BCUT2D eigenvalue weighted by molar-refractivity contribution is -0.148. The number of carbonyl (C=O) groups is 6. The van der Waals surface area contributed by atoms with Crippen molar-refractivity contribution < 1.29 is 59.0 Å². The van der Waals surface area contributed by atoms with Gasteiger partial charge in [-0.2, -0.15) is 0 Å². The van der Waals surface area contributed by atoms with E-state index in [1.54, 1.807) is 0 Å². The van der Waals surface area contributed by atoms with Gasteiger partial charge in [0.15, 0.2) is 6.61 Å². The highest BCUT2D eigenvalue weighted by Gasteiger charge is 2.32. The summed E-state index contributed by atoms with van der Waals surface area (Å²) in [5.74, 6) is -7.77. The molecule has 1 unspecified atom stereocenters. The number of hydrogen-bond donors (Lipinski definition) is 6. The number of ether oxygens (including phenoxy) is 1. The van der Waals surface area contributed by atoms with Crippen LogP contribution in [0, 0.1) is 0 Å². The first-order chi connectivity index (χ1) is 16.3. The normalized spacial score (nSPS) is 11.6. The molecule has 0 bridgehead atoms. The summed E-state index contributed by atoms with van der Waals surface area (Å²) >= 11 is 0. The number of carboxylic acids is 5. The molecule has 0 radical (unpaired) electrons. The first-order valence-electron chi connectivity index (χ1n) is 9.90. The third-order valence-electron chi connectivity index (χ3n) is 4.33. The summed E-state index contributed by atoms with van der Waals surface area (Å²) in [6, 6.07) is 1.96. The van der Waals surface area contributed by atoms with E-state index in [1.807, 2.05) is 0 Å². The van der Waals surface area contributed by atoms with E-state index in [4.69, 9.17) is 20.1 Å². The molecule has 0 aliphatic rings. The van der Waals surface area contributed by atoms with E-state index >= 15 is 0 Å². The second kappa shape index (κ2) is 13.5. The SMILES string of the molecule is CC(=O)Nc1ccc(OCC(=O)O)c(C(C(=O)O)N(CCN(CC(=O)O)CC(=O)O)CC(=O)O)c1. The van der Waals surface area contributed by atoms with Crippen molar-refractivity contribution in [1.82, 2.24) is 9.80 Å². The summed E-state index contributed by atoms with van der Waals surface area (Å²) in [5.41, 5.74) is -0.0654. The number of rotatable bonds is 16.